The summed E-state index contributed by atoms with van der Waals surface area (Å²) in [4.78, 5) is 5.32. The Morgan fingerprint density at radius 3 is 1.79 bits per heavy atom. The zero-order valence-electron chi connectivity index (χ0n) is 9.83. The molecule has 3 aliphatic rings. The van der Waals surface area contributed by atoms with Crippen LogP contribution in [0, 0.1) is 0 Å². The van der Waals surface area contributed by atoms with Gasteiger partial charge in [0.1, 0.15) is 0 Å². The van der Waals surface area contributed by atoms with Crippen LogP contribution in [-0.2, 0) is 0 Å². The molecular formula is C11H24N2S. The van der Waals surface area contributed by atoms with E-state index in [1.54, 1.807) is 0 Å². The van der Waals surface area contributed by atoms with Gasteiger partial charge in [-0.25, -0.2) is 0 Å². The Morgan fingerprint density at radius 1 is 0.929 bits per heavy atom. The summed E-state index contributed by atoms with van der Waals surface area (Å²) in [6.07, 6.45) is 1.45. The van der Waals surface area contributed by atoms with Gasteiger partial charge in [-0.3, -0.25) is 9.80 Å². The highest BCUT2D eigenvalue weighted by molar-refractivity contribution is 7.59. The fraction of sp³-hybridized carbons (Fsp3) is 1.00. The van der Waals surface area contributed by atoms with Crippen molar-refractivity contribution in [2.24, 2.45) is 0 Å². The minimum atomic E-state index is 0. The van der Waals surface area contributed by atoms with Crippen molar-refractivity contribution in [2.75, 3.05) is 13.1 Å². The van der Waals surface area contributed by atoms with Crippen LogP contribution in [0.1, 0.15) is 34.1 Å². The number of fused-ring (bicyclic) bond motifs is 2. The quantitative estimate of drug-likeness (QED) is 0.693. The van der Waals surface area contributed by atoms with E-state index in [9.17, 15) is 0 Å². The second-order valence-corrected chi connectivity index (χ2v) is 5.13. The highest BCUT2D eigenvalue weighted by Crippen LogP contribution is 2.34. The number of nitrogens with zero attached hydrogens (tertiary/aromatic N) is 2. The fourth-order valence-electron chi connectivity index (χ4n) is 2.94. The van der Waals surface area contributed by atoms with Gasteiger partial charge >= 0.3 is 0 Å². The van der Waals surface area contributed by atoms with Gasteiger partial charge in [0.15, 0.2) is 0 Å². The molecule has 0 aromatic carbocycles. The molecule has 0 amide bonds. The van der Waals surface area contributed by atoms with Gasteiger partial charge in [0.05, 0.1) is 0 Å². The summed E-state index contributed by atoms with van der Waals surface area (Å²) < 4.78 is 0. The van der Waals surface area contributed by atoms with Crippen molar-refractivity contribution in [3.63, 3.8) is 0 Å². The van der Waals surface area contributed by atoms with Crippen molar-refractivity contribution in [1.29, 1.82) is 0 Å². The van der Waals surface area contributed by atoms with Gasteiger partial charge in [0, 0.05) is 37.3 Å². The van der Waals surface area contributed by atoms with Crippen LogP contribution in [0.15, 0.2) is 0 Å². The lowest BCUT2D eigenvalue weighted by Gasteiger charge is -2.59. The minimum absolute atomic E-state index is 0. The average molecular weight is 216 g/mol. The zero-order chi connectivity index (χ0) is 9.59. The normalized spacial score (nSPS) is 33.0. The fourth-order valence-corrected chi connectivity index (χ4v) is 2.94. The topological polar surface area (TPSA) is 6.48 Å². The predicted molar refractivity (Wildman–Crippen MR) is 66.3 cm³/mol. The lowest BCUT2D eigenvalue weighted by Crippen LogP contribution is -2.71. The van der Waals surface area contributed by atoms with Crippen LogP contribution in [0.25, 0.3) is 0 Å². The molecule has 0 radical (unpaired) electrons. The Morgan fingerprint density at radius 2 is 1.43 bits per heavy atom. The molecule has 3 saturated heterocycles. The van der Waals surface area contributed by atoms with Crippen molar-refractivity contribution >= 4 is 13.5 Å². The molecule has 3 rings (SSSR count). The van der Waals surface area contributed by atoms with Crippen molar-refractivity contribution in [3.05, 3.63) is 0 Å². The van der Waals surface area contributed by atoms with E-state index in [1.807, 2.05) is 0 Å². The van der Waals surface area contributed by atoms with Gasteiger partial charge in [-0.2, -0.15) is 13.5 Å². The second kappa shape index (κ2) is 4.42. The van der Waals surface area contributed by atoms with Gasteiger partial charge < -0.3 is 0 Å². The van der Waals surface area contributed by atoms with Crippen molar-refractivity contribution in [1.82, 2.24) is 9.80 Å². The SMILES string of the molecule is CC(C)N1CC2CC(C1)N2C(C)C.S. The highest BCUT2D eigenvalue weighted by Gasteiger charge is 2.45. The van der Waals surface area contributed by atoms with Crippen LogP contribution < -0.4 is 0 Å². The summed E-state index contributed by atoms with van der Waals surface area (Å²) in [6.45, 7) is 11.9. The molecule has 0 aliphatic carbocycles. The van der Waals surface area contributed by atoms with Crippen molar-refractivity contribution in [3.8, 4) is 0 Å². The smallest absolute Gasteiger partial charge is 0.0244 e. The van der Waals surface area contributed by atoms with E-state index in [4.69, 9.17) is 0 Å². The first-order valence-electron chi connectivity index (χ1n) is 5.61. The van der Waals surface area contributed by atoms with E-state index in [1.165, 1.54) is 19.5 Å². The van der Waals surface area contributed by atoms with Crippen LogP contribution in [0.3, 0.4) is 0 Å². The molecule has 3 heteroatoms. The number of piperidine rings is 1. The van der Waals surface area contributed by atoms with Crippen LogP contribution in [0.5, 0.6) is 0 Å². The Kier molecular flexibility index (Phi) is 3.89. The van der Waals surface area contributed by atoms with Gasteiger partial charge in [-0.15, -0.1) is 0 Å². The molecule has 0 aromatic heterocycles. The summed E-state index contributed by atoms with van der Waals surface area (Å²) in [5.74, 6) is 0. The Bertz CT molecular complexity index is 182. The number of rotatable bonds is 2. The van der Waals surface area contributed by atoms with E-state index >= 15 is 0 Å². The predicted octanol–water partition coefficient (Wildman–Crippen LogP) is 1.67. The van der Waals surface area contributed by atoms with Gasteiger partial charge in [-0.05, 0) is 34.1 Å². The number of hydrogen-bond donors (Lipinski definition) is 0. The molecule has 0 spiro atoms. The summed E-state index contributed by atoms with van der Waals surface area (Å²) in [5, 5.41) is 0. The molecule has 2 unspecified atom stereocenters. The molecule has 0 saturated carbocycles. The first-order chi connectivity index (χ1) is 6.09. The van der Waals surface area contributed by atoms with Crippen LogP contribution in [0.4, 0.5) is 0 Å². The van der Waals surface area contributed by atoms with Crippen LogP contribution in [-0.4, -0.2) is 47.1 Å². The van der Waals surface area contributed by atoms with Gasteiger partial charge in [0.25, 0.3) is 0 Å². The number of hydrogen-bond acceptors (Lipinski definition) is 2. The highest BCUT2D eigenvalue weighted by atomic mass is 32.1. The van der Waals surface area contributed by atoms with E-state index in [-0.39, 0.29) is 13.5 Å². The van der Waals surface area contributed by atoms with Gasteiger partial charge in [-0.1, -0.05) is 0 Å². The third-order valence-corrected chi connectivity index (χ3v) is 3.60. The largest absolute Gasteiger partial charge is 0.298 e. The standard InChI is InChI=1S/C11H22N2.H2S/c1-8(2)12-6-10-5-11(7-12)13(10)9(3)4;/h8-11H,5-7H2,1-4H3;1H2. The third-order valence-electron chi connectivity index (χ3n) is 3.60. The first kappa shape index (κ1) is 12.3. The molecule has 3 aliphatic heterocycles. The minimum Gasteiger partial charge on any atom is -0.298 e. The maximum absolute atomic E-state index is 2.69. The Hall–Kier alpha value is 0.270. The zero-order valence-corrected chi connectivity index (χ0v) is 10.8. The molecule has 2 nitrogen and oxygen atoms in total. The van der Waals surface area contributed by atoms with Crippen LogP contribution in [0.2, 0.25) is 0 Å². The monoisotopic (exact) mass is 216 g/mol. The van der Waals surface area contributed by atoms with E-state index in [0.717, 1.165) is 24.2 Å². The molecule has 0 aromatic rings. The van der Waals surface area contributed by atoms with Crippen molar-refractivity contribution < 1.29 is 0 Å². The first-order valence-corrected chi connectivity index (χ1v) is 5.61. The Balaban J connectivity index is 0.000000980. The second-order valence-electron chi connectivity index (χ2n) is 5.13. The van der Waals surface area contributed by atoms with E-state index < -0.39 is 0 Å². The average Bonchev–Trinajstić information content (AvgIpc) is 2.03. The maximum Gasteiger partial charge on any atom is 0.0244 e. The maximum atomic E-state index is 2.69. The van der Waals surface area contributed by atoms with Crippen LogP contribution >= 0.6 is 13.5 Å². The molecule has 0 N–H and O–H groups in total. The summed E-state index contributed by atoms with van der Waals surface area (Å²) in [5.41, 5.74) is 0. The summed E-state index contributed by atoms with van der Waals surface area (Å²) in [6, 6.07) is 3.21. The molecule has 3 fully saturated rings. The molecule has 3 heterocycles. The molecule has 14 heavy (non-hydrogen) atoms. The van der Waals surface area contributed by atoms with E-state index in [2.05, 4.69) is 37.5 Å². The lowest BCUT2D eigenvalue weighted by molar-refractivity contribution is -0.0955. The van der Waals surface area contributed by atoms with E-state index in [0.29, 0.717) is 0 Å². The third kappa shape index (κ3) is 1.95. The Labute approximate surface area is 95.1 Å². The number of piperazine rings is 1. The molecular weight excluding hydrogens is 192 g/mol. The molecule has 2 atom stereocenters. The summed E-state index contributed by atoms with van der Waals surface area (Å²) >= 11 is 0. The van der Waals surface area contributed by atoms with Crippen molar-refractivity contribution in [2.45, 2.75) is 58.3 Å². The lowest BCUT2D eigenvalue weighted by atomic mass is 9.85. The molecule has 2 bridgehead atoms. The van der Waals surface area contributed by atoms with Gasteiger partial charge in [0.2, 0.25) is 0 Å². The summed E-state index contributed by atoms with van der Waals surface area (Å²) in [7, 11) is 0. The molecule has 84 valence electrons.